The zero-order valence-electron chi connectivity index (χ0n) is 29.6. The van der Waals surface area contributed by atoms with Crippen LogP contribution in [-0.4, -0.2) is 30.6 Å². The van der Waals surface area contributed by atoms with E-state index in [1.807, 2.05) is 31.4 Å². The quantitative estimate of drug-likeness (QED) is 0.0646. The van der Waals surface area contributed by atoms with Crippen LogP contribution in [0.15, 0.2) is 115 Å². The first-order chi connectivity index (χ1) is 23.6. The Kier molecular flexibility index (Phi) is 13.6. The Labute approximate surface area is 314 Å². The molecule has 3 nitrogen and oxygen atoms in total. The van der Waals surface area contributed by atoms with E-state index in [-0.39, 0.29) is 31.8 Å². The number of allylic oxidation sites excluding steroid dienone is 2. The summed E-state index contributed by atoms with van der Waals surface area (Å²) in [4.78, 5) is 15.5. The van der Waals surface area contributed by atoms with Crippen molar-refractivity contribution in [1.29, 1.82) is 0 Å². The largest absolute Gasteiger partial charge is 0.512 e. The normalized spacial score (nSPS) is 11.8. The summed E-state index contributed by atoms with van der Waals surface area (Å²) in [6.07, 6.45) is 4.48. The third-order valence-electron chi connectivity index (χ3n) is 9.54. The number of alkyl halides is 1. The Hall–Kier alpha value is -3.74. The van der Waals surface area contributed by atoms with Gasteiger partial charge < -0.3 is 5.11 Å². The van der Waals surface area contributed by atoms with E-state index in [4.69, 9.17) is 4.98 Å². The van der Waals surface area contributed by atoms with Crippen LogP contribution in [0.2, 0.25) is 6.55 Å². The van der Waals surface area contributed by atoms with Crippen LogP contribution >= 0.6 is 11.3 Å². The summed E-state index contributed by atoms with van der Waals surface area (Å²) in [6.45, 7) is 12.1. The van der Waals surface area contributed by atoms with Crippen LogP contribution in [-0.2, 0) is 24.9 Å². The fourth-order valence-corrected chi connectivity index (χ4v) is 13.0. The molecule has 0 aliphatic carbocycles. The molecule has 0 aliphatic rings. The van der Waals surface area contributed by atoms with Gasteiger partial charge in [0.2, 0.25) is 0 Å². The molecular weight excluding hydrogens is 834 g/mol. The standard InChI is InChI=1S/C34H30NSSi.C9H15FO2.Ir/c1-23(2)31-22-26(21-25-13-11-12-18-30(25)31)32-33-29(19-20-35-32)24(3)34(36-33)37(4,27-14-7-5-8-15-27)28-16-9-6-10-17-28;1-3-7(4-2)9(12)5-8(11)6-10;/h5-20,22-23H,1-4H3;5,7,12H,3-4,6H2,1-2H3;/q-1;;/b;9-5-;. The summed E-state index contributed by atoms with van der Waals surface area (Å²) in [5, 5.41) is 15.9. The molecule has 0 saturated heterocycles. The number of nitrogens with zero attached hydrogens (tertiary/aromatic N) is 1. The van der Waals surface area contributed by atoms with Gasteiger partial charge in [-0.1, -0.05) is 124 Å². The molecule has 7 heteroatoms. The summed E-state index contributed by atoms with van der Waals surface area (Å²) in [6, 6.07) is 39.0. The second-order valence-corrected chi connectivity index (χ2v) is 18.3. The fraction of sp³-hybridized carbons (Fsp3) is 0.256. The Bertz CT molecular complexity index is 2030. The van der Waals surface area contributed by atoms with Gasteiger partial charge in [0.05, 0.1) is 5.76 Å². The van der Waals surface area contributed by atoms with Gasteiger partial charge in [-0.15, -0.1) is 40.5 Å². The van der Waals surface area contributed by atoms with Crippen LogP contribution in [0.4, 0.5) is 4.39 Å². The van der Waals surface area contributed by atoms with Crippen molar-refractivity contribution in [3.05, 3.63) is 132 Å². The molecule has 0 atom stereocenters. The molecule has 0 aliphatic heterocycles. The zero-order chi connectivity index (χ0) is 35.1. The van der Waals surface area contributed by atoms with Gasteiger partial charge >= 0.3 is 0 Å². The van der Waals surface area contributed by atoms with E-state index >= 15 is 0 Å². The number of hydrogen-bond acceptors (Lipinski definition) is 4. The van der Waals surface area contributed by atoms with Gasteiger partial charge in [-0.25, -0.2) is 4.39 Å². The number of thiophene rings is 1. The van der Waals surface area contributed by atoms with E-state index in [9.17, 15) is 14.3 Å². The maximum Gasteiger partial charge on any atom is 0.189 e. The maximum absolute atomic E-state index is 11.7. The Morgan fingerprint density at radius 3 is 2.06 bits per heavy atom. The first kappa shape index (κ1) is 39.0. The number of benzene rings is 4. The SMILES string of the molecule is CCC(CC)/C(O)=C/C(=O)CF.Cc1c([Si](C)(c2ccccc2)c2ccccc2)sc2c(-c3[c-]c4ccccc4c(C(C)C)c3)nccc12.[Ir]. The number of hydrogen-bond donors (Lipinski definition) is 1. The predicted octanol–water partition coefficient (Wildman–Crippen LogP) is 9.85. The number of aryl methyl sites for hydroxylation is 1. The second kappa shape index (κ2) is 17.5. The maximum atomic E-state index is 11.7. The summed E-state index contributed by atoms with van der Waals surface area (Å²) in [5.74, 6) is -0.257. The Balaban J connectivity index is 0.000000373. The minimum absolute atomic E-state index is 0. The molecule has 0 saturated carbocycles. The zero-order valence-corrected chi connectivity index (χ0v) is 33.8. The number of rotatable bonds is 10. The summed E-state index contributed by atoms with van der Waals surface area (Å²) < 4.78 is 14.5. The van der Waals surface area contributed by atoms with Gasteiger partial charge in [0, 0.05) is 53.2 Å². The first-order valence-electron chi connectivity index (χ1n) is 17.1. The molecule has 6 rings (SSSR count). The van der Waals surface area contributed by atoms with Crippen LogP contribution in [0.1, 0.15) is 57.6 Å². The molecule has 261 valence electrons. The number of aliphatic hydroxyl groups excluding tert-OH is 1. The molecule has 4 aromatic carbocycles. The third-order valence-corrected chi connectivity index (χ3v) is 16.5. The van der Waals surface area contributed by atoms with Crippen molar-refractivity contribution in [2.45, 2.75) is 59.9 Å². The molecular formula is C43H45FIrNO2SSi-. The molecule has 0 fully saturated rings. The summed E-state index contributed by atoms with van der Waals surface area (Å²) in [7, 11) is -2.22. The number of pyridine rings is 1. The van der Waals surface area contributed by atoms with Crippen LogP contribution in [0.25, 0.3) is 32.1 Å². The first-order valence-corrected chi connectivity index (χ1v) is 20.4. The van der Waals surface area contributed by atoms with Crippen molar-refractivity contribution in [1.82, 2.24) is 4.98 Å². The molecule has 1 N–H and O–H groups in total. The van der Waals surface area contributed by atoms with Crippen molar-refractivity contribution in [2.24, 2.45) is 5.92 Å². The smallest absolute Gasteiger partial charge is 0.189 e. The number of halogens is 1. The van der Waals surface area contributed by atoms with Gasteiger partial charge in [-0.3, -0.25) is 9.78 Å². The number of aromatic nitrogens is 1. The van der Waals surface area contributed by atoms with Gasteiger partial charge in [0.1, 0.15) is 0 Å². The van der Waals surface area contributed by atoms with Crippen LogP contribution in [0, 0.1) is 18.9 Å². The van der Waals surface area contributed by atoms with Crippen molar-refractivity contribution >= 4 is 60.9 Å². The number of carbonyl (C=O) groups is 1. The molecule has 0 unspecified atom stereocenters. The average Bonchev–Trinajstić information content (AvgIpc) is 3.48. The molecule has 50 heavy (non-hydrogen) atoms. The van der Waals surface area contributed by atoms with Crippen molar-refractivity contribution in [3.8, 4) is 11.3 Å². The fourth-order valence-electron chi connectivity index (χ4n) is 6.68. The van der Waals surface area contributed by atoms with Gasteiger partial charge in [0.25, 0.3) is 0 Å². The van der Waals surface area contributed by atoms with E-state index in [1.165, 1.54) is 41.5 Å². The second-order valence-electron chi connectivity index (χ2n) is 13.0. The molecule has 1 radical (unpaired) electrons. The van der Waals surface area contributed by atoms with Gasteiger partial charge in [0.15, 0.2) is 20.5 Å². The minimum atomic E-state index is -2.22. The molecule has 2 heterocycles. The summed E-state index contributed by atoms with van der Waals surface area (Å²) >= 11 is 1.94. The third kappa shape index (κ3) is 8.08. The van der Waals surface area contributed by atoms with E-state index in [2.05, 4.69) is 130 Å². The van der Waals surface area contributed by atoms with Crippen molar-refractivity contribution in [3.63, 3.8) is 0 Å². The van der Waals surface area contributed by atoms with Gasteiger partial charge in [-0.2, -0.15) is 0 Å². The predicted molar refractivity (Wildman–Crippen MR) is 209 cm³/mol. The molecule has 0 spiro atoms. The van der Waals surface area contributed by atoms with E-state index in [0.29, 0.717) is 5.92 Å². The van der Waals surface area contributed by atoms with Crippen LogP contribution < -0.4 is 14.9 Å². The number of fused-ring (bicyclic) bond motifs is 2. The van der Waals surface area contributed by atoms with Crippen LogP contribution in [0.5, 0.6) is 0 Å². The summed E-state index contributed by atoms with van der Waals surface area (Å²) in [5.41, 5.74) is 4.87. The Morgan fingerprint density at radius 1 is 0.920 bits per heavy atom. The van der Waals surface area contributed by atoms with Crippen molar-refractivity contribution < 1.29 is 34.4 Å². The Morgan fingerprint density at radius 2 is 1.50 bits per heavy atom. The molecule has 0 bridgehead atoms. The average molecular weight is 879 g/mol. The molecule has 6 aromatic rings. The minimum Gasteiger partial charge on any atom is -0.512 e. The van der Waals surface area contributed by atoms with E-state index in [0.717, 1.165) is 35.6 Å². The number of aliphatic hydroxyl groups is 1. The molecule has 2 aromatic heterocycles. The van der Waals surface area contributed by atoms with Crippen LogP contribution in [0.3, 0.4) is 0 Å². The topological polar surface area (TPSA) is 50.2 Å². The number of ketones is 1. The van der Waals surface area contributed by atoms with E-state index < -0.39 is 20.5 Å². The van der Waals surface area contributed by atoms with E-state index in [1.54, 1.807) is 0 Å². The molecule has 0 amide bonds. The number of carbonyl (C=O) groups excluding carboxylic acids is 1. The van der Waals surface area contributed by atoms with Gasteiger partial charge in [-0.05, 0) is 53.1 Å². The van der Waals surface area contributed by atoms with Crippen molar-refractivity contribution in [2.75, 3.05) is 6.67 Å². The monoisotopic (exact) mass is 879 g/mol.